The molecule has 3 atom stereocenters. The zero-order chi connectivity index (χ0) is 24.2. The lowest BCUT2D eigenvalue weighted by atomic mass is 10.0. The molecule has 0 aliphatic carbocycles. The van der Waals surface area contributed by atoms with E-state index in [-0.39, 0.29) is 17.7 Å². The molecule has 2 aliphatic rings. The summed E-state index contributed by atoms with van der Waals surface area (Å²) in [6.45, 7) is 5.66. The molecule has 1 saturated heterocycles. The first kappa shape index (κ1) is 24.1. The van der Waals surface area contributed by atoms with Crippen LogP contribution in [-0.4, -0.2) is 42.8 Å². The Bertz CT molecular complexity index is 1090. The number of amides is 2. The van der Waals surface area contributed by atoms with Gasteiger partial charge in [0.15, 0.2) is 0 Å². The Labute approximate surface area is 203 Å². The summed E-state index contributed by atoms with van der Waals surface area (Å²) >= 11 is 1.65. The molecule has 0 bridgehead atoms. The Morgan fingerprint density at radius 1 is 1.15 bits per heavy atom. The maximum atomic E-state index is 13.1. The van der Waals surface area contributed by atoms with Gasteiger partial charge in [-0.3, -0.25) is 14.4 Å². The Hall–Kier alpha value is -3.04. The quantitative estimate of drug-likeness (QED) is 0.439. The molecule has 180 valence electrons. The van der Waals surface area contributed by atoms with E-state index >= 15 is 0 Å². The maximum absolute atomic E-state index is 13.1. The van der Waals surface area contributed by atoms with E-state index in [1.54, 1.807) is 23.9 Å². The van der Waals surface area contributed by atoms with E-state index in [2.05, 4.69) is 16.0 Å². The monoisotopic (exact) mass is 483 g/mol. The smallest absolute Gasteiger partial charge is 0.305 e. The highest BCUT2D eigenvalue weighted by molar-refractivity contribution is 7.99. The summed E-state index contributed by atoms with van der Waals surface area (Å²) in [6.07, 6.45) is 0.182. The number of benzene rings is 2. The third-order valence-electron chi connectivity index (χ3n) is 5.60. The van der Waals surface area contributed by atoms with E-state index < -0.39 is 24.3 Å². The first-order chi connectivity index (χ1) is 16.3. The zero-order valence-corrected chi connectivity index (χ0v) is 20.2. The predicted molar refractivity (Wildman–Crippen MR) is 129 cm³/mol. The number of rotatable bonds is 7. The normalized spacial score (nSPS) is 19.4. The van der Waals surface area contributed by atoms with E-state index in [0.29, 0.717) is 25.0 Å². The minimum atomic E-state index is -0.816. The number of carbonyl (C=O) groups is 3. The van der Waals surface area contributed by atoms with Gasteiger partial charge in [0.25, 0.3) is 5.91 Å². The summed E-state index contributed by atoms with van der Waals surface area (Å²) in [5.74, 6) is -0.943. The van der Waals surface area contributed by atoms with Gasteiger partial charge in [0.2, 0.25) is 12.2 Å². The van der Waals surface area contributed by atoms with Crippen LogP contribution < -0.4 is 16.0 Å². The number of para-hydroxylation sites is 1. The second-order valence-corrected chi connectivity index (χ2v) is 9.93. The van der Waals surface area contributed by atoms with Crippen LogP contribution in [0.2, 0.25) is 0 Å². The maximum Gasteiger partial charge on any atom is 0.305 e. The van der Waals surface area contributed by atoms with Crippen molar-refractivity contribution in [1.29, 1.82) is 0 Å². The molecule has 0 saturated carbocycles. The minimum absolute atomic E-state index is 0.179. The molecule has 34 heavy (non-hydrogen) atoms. The summed E-state index contributed by atoms with van der Waals surface area (Å²) < 4.78 is 10.6. The average molecular weight is 484 g/mol. The topological polar surface area (TPSA) is 106 Å². The van der Waals surface area contributed by atoms with Gasteiger partial charge in [-0.2, -0.15) is 0 Å². The first-order valence-electron chi connectivity index (χ1n) is 11.4. The highest BCUT2D eigenvalue weighted by Crippen LogP contribution is 2.44. The number of hydrogen-bond donors (Lipinski definition) is 3. The van der Waals surface area contributed by atoms with E-state index in [1.807, 2.05) is 44.2 Å². The molecular formula is C25H29N3O5S. The van der Waals surface area contributed by atoms with Gasteiger partial charge in [-0.1, -0.05) is 37.7 Å². The van der Waals surface area contributed by atoms with E-state index in [1.165, 1.54) is 6.92 Å². The van der Waals surface area contributed by atoms with Gasteiger partial charge in [0.05, 0.1) is 24.0 Å². The highest BCUT2D eigenvalue weighted by Gasteiger charge is 2.34. The molecule has 4 rings (SSSR count). The van der Waals surface area contributed by atoms with E-state index in [4.69, 9.17) is 9.47 Å². The summed E-state index contributed by atoms with van der Waals surface area (Å²) in [5, 5.41) is 9.15. The summed E-state index contributed by atoms with van der Waals surface area (Å²) in [6, 6.07) is 12.3. The van der Waals surface area contributed by atoms with Crippen molar-refractivity contribution in [3.63, 3.8) is 0 Å². The summed E-state index contributed by atoms with van der Waals surface area (Å²) in [4.78, 5) is 39.6. The van der Waals surface area contributed by atoms with Gasteiger partial charge in [-0.25, -0.2) is 0 Å². The molecule has 0 unspecified atom stereocenters. The number of esters is 1. The van der Waals surface area contributed by atoms with Crippen LogP contribution in [0, 0.1) is 5.92 Å². The zero-order valence-electron chi connectivity index (χ0n) is 19.4. The van der Waals surface area contributed by atoms with Crippen LogP contribution in [0.4, 0.5) is 11.4 Å². The Kier molecular flexibility index (Phi) is 7.43. The van der Waals surface area contributed by atoms with Gasteiger partial charge in [-0.15, -0.1) is 0 Å². The Morgan fingerprint density at radius 2 is 1.91 bits per heavy atom. The molecule has 0 aromatic heterocycles. The average Bonchev–Trinajstić information content (AvgIpc) is 3.22. The fourth-order valence-corrected chi connectivity index (χ4v) is 4.96. The lowest BCUT2D eigenvalue weighted by Gasteiger charge is -2.25. The lowest BCUT2D eigenvalue weighted by molar-refractivity contribution is -0.170. The van der Waals surface area contributed by atoms with E-state index in [9.17, 15) is 14.4 Å². The van der Waals surface area contributed by atoms with Crippen molar-refractivity contribution < 1.29 is 23.9 Å². The summed E-state index contributed by atoms with van der Waals surface area (Å²) in [7, 11) is 0. The molecule has 2 aromatic rings. The van der Waals surface area contributed by atoms with Gasteiger partial charge in [0, 0.05) is 22.3 Å². The van der Waals surface area contributed by atoms with Crippen molar-refractivity contribution in [2.75, 3.05) is 11.9 Å². The number of anilines is 2. The molecule has 0 spiro atoms. The molecule has 2 aliphatic heterocycles. The fraction of sp³-hybridized carbons (Fsp3) is 0.400. The Balaban J connectivity index is 1.45. The largest absolute Gasteiger partial charge is 0.434 e. The highest BCUT2D eigenvalue weighted by atomic mass is 32.2. The number of fused-ring (bicyclic) bond motifs is 2. The van der Waals surface area contributed by atoms with Crippen LogP contribution in [0.3, 0.4) is 0 Å². The molecule has 2 amide bonds. The molecular weight excluding hydrogens is 454 g/mol. The minimum Gasteiger partial charge on any atom is -0.434 e. The lowest BCUT2D eigenvalue weighted by Crippen LogP contribution is -2.52. The van der Waals surface area contributed by atoms with Crippen LogP contribution in [-0.2, 0) is 19.1 Å². The van der Waals surface area contributed by atoms with Crippen molar-refractivity contribution in [3.05, 3.63) is 48.0 Å². The number of carbonyl (C=O) groups excluding carboxylic acids is 3. The first-order valence-corrected chi connectivity index (χ1v) is 12.2. The molecule has 0 radical (unpaired) electrons. The van der Waals surface area contributed by atoms with Crippen molar-refractivity contribution in [2.24, 2.45) is 5.92 Å². The molecule has 1 fully saturated rings. The predicted octanol–water partition coefficient (Wildman–Crippen LogP) is 3.83. The Morgan fingerprint density at radius 3 is 2.68 bits per heavy atom. The molecule has 2 aromatic carbocycles. The van der Waals surface area contributed by atoms with Crippen LogP contribution in [0.15, 0.2) is 52.3 Å². The van der Waals surface area contributed by atoms with Gasteiger partial charge < -0.3 is 25.4 Å². The van der Waals surface area contributed by atoms with Crippen molar-refractivity contribution in [2.45, 2.75) is 61.8 Å². The number of nitrogens with one attached hydrogen (secondary N) is 3. The standard InChI is InChI=1S/C25H29N3O5S/c1-14(2)12-20(24(31)27-18-10-11-32-25(18)33-15(3)29)28-23(30)16-8-9-22-19(13-16)26-17-6-4-5-7-21(17)34-22/h4-9,13-14,18,20,25-26H,10-12H2,1-3H3,(H,27,31)(H,28,30)/t18-,20+,25+/m0/s1. The third kappa shape index (κ3) is 5.71. The van der Waals surface area contributed by atoms with Crippen LogP contribution in [0.25, 0.3) is 0 Å². The summed E-state index contributed by atoms with van der Waals surface area (Å²) in [5.41, 5.74) is 2.32. The van der Waals surface area contributed by atoms with Crippen LogP contribution in [0.1, 0.15) is 44.0 Å². The van der Waals surface area contributed by atoms with Crippen LogP contribution in [0.5, 0.6) is 0 Å². The molecule has 9 heteroatoms. The van der Waals surface area contributed by atoms with Crippen molar-refractivity contribution in [3.8, 4) is 0 Å². The number of ether oxygens (including phenoxy) is 2. The second-order valence-electron chi connectivity index (χ2n) is 8.84. The van der Waals surface area contributed by atoms with Gasteiger partial charge in [-0.05, 0) is 49.1 Å². The van der Waals surface area contributed by atoms with Gasteiger partial charge in [0.1, 0.15) is 6.04 Å². The van der Waals surface area contributed by atoms with E-state index in [0.717, 1.165) is 21.2 Å². The van der Waals surface area contributed by atoms with Crippen molar-refractivity contribution >= 4 is 40.9 Å². The van der Waals surface area contributed by atoms with Crippen LogP contribution >= 0.6 is 11.8 Å². The van der Waals surface area contributed by atoms with Crippen molar-refractivity contribution in [1.82, 2.24) is 10.6 Å². The molecule has 2 heterocycles. The third-order valence-corrected chi connectivity index (χ3v) is 6.75. The SMILES string of the molecule is CC(=O)O[C@H]1OCC[C@@H]1NC(=O)[C@@H](CC(C)C)NC(=O)c1ccc2c(c1)Nc1ccccc1S2. The fourth-order valence-electron chi connectivity index (χ4n) is 3.99. The molecule has 3 N–H and O–H groups in total. The molecule has 8 nitrogen and oxygen atoms in total. The number of hydrogen-bond acceptors (Lipinski definition) is 7. The second kappa shape index (κ2) is 10.5. The van der Waals surface area contributed by atoms with Gasteiger partial charge >= 0.3 is 5.97 Å².